The Labute approximate surface area is 283 Å². The number of likely N-dealkylation sites (tertiary alicyclic amines) is 1. The highest BCUT2D eigenvalue weighted by molar-refractivity contribution is 5.91. The van der Waals surface area contributed by atoms with Crippen molar-refractivity contribution >= 4 is 34.8 Å². The molecule has 2 unspecified atom stereocenters. The molecule has 11 heteroatoms. The minimum atomic E-state index is -0.956. The minimum absolute atomic E-state index is 0.0312. The molecular formula is C37H49N7O4. The summed E-state index contributed by atoms with van der Waals surface area (Å²) in [6.07, 6.45) is 8.74. The molecule has 4 aliphatic rings. The number of carbonyl (C=O) groups excluding carboxylic acids is 3. The Bertz CT molecular complexity index is 1620. The zero-order chi connectivity index (χ0) is 33.2. The normalized spacial score (nSPS) is 21.4. The number of amides is 4. The number of ether oxygens (including phenoxy) is 1. The van der Waals surface area contributed by atoms with Crippen molar-refractivity contribution in [2.24, 2.45) is 0 Å². The molecule has 48 heavy (non-hydrogen) atoms. The van der Waals surface area contributed by atoms with E-state index in [-0.39, 0.29) is 23.9 Å². The Morgan fingerprint density at radius 3 is 2.42 bits per heavy atom. The van der Waals surface area contributed by atoms with Crippen LogP contribution in [0, 0.1) is 6.92 Å². The van der Waals surface area contributed by atoms with Crippen molar-refractivity contribution in [3.63, 3.8) is 0 Å². The van der Waals surface area contributed by atoms with E-state index in [9.17, 15) is 14.4 Å². The zero-order valence-corrected chi connectivity index (χ0v) is 28.3. The van der Waals surface area contributed by atoms with Gasteiger partial charge in [-0.15, -0.1) is 0 Å². The predicted octanol–water partition coefficient (Wildman–Crippen LogP) is 5.51. The van der Waals surface area contributed by atoms with E-state index >= 15 is 0 Å². The number of nitrogens with one attached hydrogen (secondary N) is 2. The van der Waals surface area contributed by atoms with Gasteiger partial charge in [0.1, 0.15) is 0 Å². The Morgan fingerprint density at radius 1 is 0.896 bits per heavy atom. The lowest BCUT2D eigenvalue weighted by Gasteiger charge is -2.42. The van der Waals surface area contributed by atoms with Gasteiger partial charge in [0.25, 0.3) is 5.91 Å². The van der Waals surface area contributed by atoms with Crippen molar-refractivity contribution in [3.05, 3.63) is 59.4 Å². The van der Waals surface area contributed by atoms with Crippen LogP contribution in [-0.2, 0) is 16.0 Å². The van der Waals surface area contributed by atoms with Crippen LogP contribution in [0.4, 0.5) is 15.3 Å². The van der Waals surface area contributed by atoms with Crippen LogP contribution < -0.4 is 5.32 Å². The summed E-state index contributed by atoms with van der Waals surface area (Å²) in [4.78, 5) is 56.9. The monoisotopic (exact) mass is 655 g/mol. The molecule has 7 rings (SSSR count). The first-order valence-electron chi connectivity index (χ1n) is 17.9. The minimum Gasteiger partial charge on any atom is -0.435 e. The highest BCUT2D eigenvalue weighted by atomic mass is 16.6. The molecule has 2 aromatic carbocycles. The van der Waals surface area contributed by atoms with E-state index in [1.807, 2.05) is 47.9 Å². The fraction of sp³-hybridized carbons (Fsp3) is 0.568. The van der Waals surface area contributed by atoms with Gasteiger partial charge in [0.05, 0.1) is 17.4 Å². The number of piperidine rings is 1. The first-order chi connectivity index (χ1) is 23.4. The number of aromatic nitrogens is 2. The van der Waals surface area contributed by atoms with Gasteiger partial charge in [-0.3, -0.25) is 9.69 Å². The second-order valence-electron chi connectivity index (χ2n) is 14.1. The number of piperazine rings is 1. The van der Waals surface area contributed by atoms with Crippen LogP contribution in [0.1, 0.15) is 74.5 Å². The van der Waals surface area contributed by atoms with Gasteiger partial charge in [-0.05, 0) is 67.9 Å². The smallest absolute Gasteiger partial charge is 0.410 e. The molecule has 3 aromatic rings. The van der Waals surface area contributed by atoms with Crippen LogP contribution in [0.15, 0.2) is 42.7 Å². The molecule has 1 aliphatic carbocycles. The van der Waals surface area contributed by atoms with Crippen molar-refractivity contribution in [1.82, 2.24) is 29.6 Å². The van der Waals surface area contributed by atoms with Gasteiger partial charge in [0.2, 0.25) is 0 Å². The van der Waals surface area contributed by atoms with Gasteiger partial charge in [0.15, 0.2) is 6.10 Å². The van der Waals surface area contributed by atoms with Crippen LogP contribution in [-0.4, -0.2) is 112 Å². The average molecular weight is 656 g/mol. The number of hydrogen-bond acceptors (Lipinski definition) is 6. The maximum atomic E-state index is 14.3. The van der Waals surface area contributed by atoms with Gasteiger partial charge in [-0.2, -0.15) is 0 Å². The number of carbonyl (C=O) groups is 3. The Morgan fingerprint density at radius 2 is 1.65 bits per heavy atom. The number of rotatable bonds is 6. The number of hydrogen-bond donors (Lipinski definition) is 2. The van der Waals surface area contributed by atoms with E-state index < -0.39 is 12.2 Å². The second-order valence-corrected chi connectivity index (χ2v) is 14.1. The number of fused-ring (bicyclic) bond motifs is 2. The summed E-state index contributed by atoms with van der Waals surface area (Å²) in [5, 5.41) is 3.07. The third kappa shape index (κ3) is 6.74. The van der Waals surface area contributed by atoms with Gasteiger partial charge >= 0.3 is 12.1 Å². The highest BCUT2D eigenvalue weighted by Crippen LogP contribution is 2.31. The van der Waals surface area contributed by atoms with Gasteiger partial charge in [-0.25, -0.2) is 14.6 Å². The van der Waals surface area contributed by atoms with Crippen molar-refractivity contribution in [3.8, 4) is 0 Å². The number of benzene rings is 2. The van der Waals surface area contributed by atoms with Crippen LogP contribution in [0.3, 0.4) is 0 Å². The van der Waals surface area contributed by atoms with Crippen molar-refractivity contribution in [2.45, 2.75) is 89.3 Å². The molecule has 11 nitrogen and oxygen atoms in total. The Hall–Kier alpha value is -4.12. The zero-order valence-electron chi connectivity index (χ0n) is 28.3. The number of aryl methyl sites for hydroxylation is 1. The third-order valence-corrected chi connectivity index (χ3v) is 11.2. The van der Waals surface area contributed by atoms with E-state index in [1.165, 1.54) is 32.1 Å². The van der Waals surface area contributed by atoms with Gasteiger partial charge in [0, 0.05) is 69.5 Å². The maximum Gasteiger partial charge on any atom is 0.410 e. The first-order valence-corrected chi connectivity index (χ1v) is 17.9. The summed E-state index contributed by atoms with van der Waals surface area (Å²) < 4.78 is 6.22. The van der Waals surface area contributed by atoms with Crippen LogP contribution in [0.2, 0.25) is 0 Å². The van der Waals surface area contributed by atoms with Crippen LogP contribution in [0.25, 0.3) is 11.0 Å². The number of nitrogens with zero attached hydrogens (tertiary/aromatic N) is 5. The Kier molecular flexibility index (Phi) is 9.57. The molecular weight excluding hydrogens is 606 g/mol. The fourth-order valence-corrected chi connectivity index (χ4v) is 8.27. The lowest BCUT2D eigenvalue weighted by atomic mass is 9.92. The molecule has 256 valence electrons. The topological polar surface area (TPSA) is 114 Å². The van der Waals surface area contributed by atoms with Crippen molar-refractivity contribution in [1.29, 1.82) is 0 Å². The molecule has 1 saturated carbocycles. The average Bonchev–Trinajstić information content (AvgIpc) is 3.54. The van der Waals surface area contributed by atoms with E-state index in [0.717, 1.165) is 52.9 Å². The quantitative estimate of drug-likeness (QED) is 0.362. The number of urea groups is 1. The molecule has 3 fully saturated rings. The summed E-state index contributed by atoms with van der Waals surface area (Å²) in [7, 11) is 0. The molecule has 1 aromatic heterocycles. The standard InChI is InChI=1S/C37H49N7O4/c1-25-22-28(23-32-33(25)39-24-38-32)26(2)34(35(45)42-20-18-41(19-21-42)29-9-4-3-5-10-29)48-37(47)43-15-13-30(14-16-43)44-17-12-27-8-6-7-11-31(27)40-36(44)46/h6-8,11,22-24,26,29-30,34H,3-5,9-10,12-21H2,1-2H3,(H,38,39)(H,40,46). The van der Waals surface area contributed by atoms with E-state index in [2.05, 4.69) is 32.3 Å². The molecule has 0 spiro atoms. The lowest BCUT2D eigenvalue weighted by molar-refractivity contribution is -0.144. The Balaban J connectivity index is 1.02. The first kappa shape index (κ1) is 32.4. The van der Waals surface area contributed by atoms with E-state index in [4.69, 9.17) is 4.74 Å². The highest BCUT2D eigenvalue weighted by Gasteiger charge is 2.39. The number of imidazole rings is 1. The molecule has 4 heterocycles. The summed E-state index contributed by atoms with van der Waals surface area (Å²) >= 11 is 0. The van der Waals surface area contributed by atoms with E-state index in [1.54, 1.807) is 11.2 Å². The summed E-state index contributed by atoms with van der Waals surface area (Å²) in [5.41, 5.74) is 5.76. The number of anilines is 1. The number of para-hydroxylation sites is 1. The maximum absolute atomic E-state index is 14.3. The summed E-state index contributed by atoms with van der Waals surface area (Å²) in [6.45, 7) is 8.56. The molecule has 0 bridgehead atoms. The van der Waals surface area contributed by atoms with Crippen LogP contribution in [0.5, 0.6) is 0 Å². The van der Waals surface area contributed by atoms with Gasteiger partial charge < -0.3 is 29.7 Å². The second kappa shape index (κ2) is 14.2. The van der Waals surface area contributed by atoms with E-state index in [0.29, 0.717) is 51.6 Å². The molecule has 2 saturated heterocycles. The predicted molar refractivity (Wildman–Crippen MR) is 185 cm³/mol. The van der Waals surface area contributed by atoms with Crippen molar-refractivity contribution < 1.29 is 19.1 Å². The molecule has 3 aliphatic heterocycles. The summed E-state index contributed by atoms with van der Waals surface area (Å²) in [6, 6.07) is 12.6. The van der Waals surface area contributed by atoms with Crippen molar-refractivity contribution in [2.75, 3.05) is 51.1 Å². The number of H-pyrrole nitrogens is 1. The van der Waals surface area contributed by atoms with Crippen LogP contribution >= 0.6 is 0 Å². The molecule has 2 N–H and O–H groups in total. The lowest BCUT2D eigenvalue weighted by Crippen LogP contribution is -2.56. The fourth-order valence-electron chi connectivity index (χ4n) is 8.27. The molecule has 2 atom stereocenters. The van der Waals surface area contributed by atoms with Gasteiger partial charge in [-0.1, -0.05) is 50.5 Å². The molecule has 0 radical (unpaired) electrons. The molecule has 4 amide bonds. The summed E-state index contributed by atoms with van der Waals surface area (Å²) in [5.74, 6) is -0.493. The largest absolute Gasteiger partial charge is 0.435 e. The third-order valence-electron chi connectivity index (χ3n) is 11.2. The SMILES string of the molecule is Cc1cc(C(C)C(OC(=O)N2CCC(N3CCc4ccccc4NC3=O)CC2)C(=O)N2CCN(C3CCCCC3)CC2)cc2nc[nH]c12. The number of aromatic amines is 1.